The highest BCUT2D eigenvalue weighted by molar-refractivity contribution is 5.88. The first kappa shape index (κ1) is 15.3. The van der Waals surface area contributed by atoms with E-state index in [1.54, 1.807) is 6.20 Å². The summed E-state index contributed by atoms with van der Waals surface area (Å²) < 4.78 is 7.62. The second-order valence-electron chi connectivity index (χ2n) is 6.56. The first-order valence-electron chi connectivity index (χ1n) is 8.23. The van der Waals surface area contributed by atoms with Crippen molar-refractivity contribution in [2.75, 3.05) is 6.61 Å². The number of carbonyl (C=O) groups excluding carboxylic acids is 1. The van der Waals surface area contributed by atoms with Crippen molar-refractivity contribution in [2.45, 2.75) is 51.2 Å². The molecule has 1 saturated carbocycles. The van der Waals surface area contributed by atoms with Crippen molar-refractivity contribution in [1.82, 2.24) is 15.1 Å². The molecule has 2 fully saturated rings. The Labute approximate surface area is 131 Å². The summed E-state index contributed by atoms with van der Waals surface area (Å²) in [5.74, 6) is 0.810. The summed E-state index contributed by atoms with van der Waals surface area (Å²) in [6.45, 7) is 2.96. The highest BCUT2D eigenvalue weighted by Gasteiger charge is 2.32. The smallest absolute Gasteiger partial charge is 0.244 e. The fourth-order valence-corrected chi connectivity index (χ4v) is 3.38. The molecule has 120 valence electrons. The predicted octanol–water partition coefficient (Wildman–Crippen LogP) is 2.50. The fourth-order valence-electron chi connectivity index (χ4n) is 3.38. The van der Waals surface area contributed by atoms with Crippen LogP contribution in [0.3, 0.4) is 0 Å². The van der Waals surface area contributed by atoms with Gasteiger partial charge in [-0.2, -0.15) is 5.10 Å². The molecule has 2 heterocycles. The summed E-state index contributed by atoms with van der Waals surface area (Å²) >= 11 is 0. The van der Waals surface area contributed by atoms with E-state index in [0.717, 1.165) is 30.9 Å². The molecule has 2 aliphatic rings. The summed E-state index contributed by atoms with van der Waals surface area (Å²) in [7, 11) is 1.90. The average molecular weight is 303 g/mol. The van der Waals surface area contributed by atoms with Crippen LogP contribution >= 0.6 is 0 Å². The Morgan fingerprint density at radius 2 is 2.18 bits per heavy atom. The molecule has 0 unspecified atom stereocenters. The van der Waals surface area contributed by atoms with E-state index in [1.165, 1.54) is 18.4 Å². The van der Waals surface area contributed by atoms with Crippen LogP contribution in [0.2, 0.25) is 0 Å². The molecule has 1 saturated heterocycles. The molecule has 1 aromatic heterocycles. The Bertz CT molecular complexity index is 554. The number of aryl methyl sites for hydroxylation is 1. The van der Waals surface area contributed by atoms with E-state index >= 15 is 0 Å². The average Bonchev–Trinajstić information content (AvgIpc) is 3.10. The van der Waals surface area contributed by atoms with E-state index in [-0.39, 0.29) is 18.1 Å². The third kappa shape index (κ3) is 3.40. The van der Waals surface area contributed by atoms with E-state index < -0.39 is 0 Å². The van der Waals surface area contributed by atoms with Gasteiger partial charge in [0.15, 0.2) is 0 Å². The molecule has 1 aliphatic carbocycles. The molecule has 0 radical (unpaired) electrons. The lowest BCUT2D eigenvalue weighted by Gasteiger charge is -2.21. The van der Waals surface area contributed by atoms with Crippen LogP contribution in [0.4, 0.5) is 0 Å². The monoisotopic (exact) mass is 303 g/mol. The van der Waals surface area contributed by atoms with Crippen molar-refractivity contribution in [3.63, 3.8) is 0 Å². The molecular weight excluding hydrogens is 278 g/mol. The molecule has 5 heteroatoms. The predicted molar refractivity (Wildman–Crippen MR) is 84.2 cm³/mol. The minimum absolute atomic E-state index is 0.0206. The van der Waals surface area contributed by atoms with E-state index in [4.69, 9.17) is 4.74 Å². The number of rotatable bonds is 3. The molecule has 2 atom stereocenters. The van der Waals surface area contributed by atoms with Crippen molar-refractivity contribution < 1.29 is 9.53 Å². The van der Waals surface area contributed by atoms with Crippen molar-refractivity contribution in [2.24, 2.45) is 13.0 Å². The van der Waals surface area contributed by atoms with Gasteiger partial charge in [0.05, 0.1) is 11.7 Å². The zero-order valence-electron chi connectivity index (χ0n) is 13.4. The van der Waals surface area contributed by atoms with Crippen LogP contribution in [0.1, 0.15) is 50.8 Å². The summed E-state index contributed by atoms with van der Waals surface area (Å²) in [6, 6.07) is 1.98. The van der Waals surface area contributed by atoms with Gasteiger partial charge in [0.2, 0.25) is 5.91 Å². The summed E-state index contributed by atoms with van der Waals surface area (Å²) in [5, 5.41) is 7.31. The number of hydrogen-bond acceptors (Lipinski definition) is 3. The lowest BCUT2D eigenvalue weighted by Crippen LogP contribution is -2.36. The van der Waals surface area contributed by atoms with Crippen molar-refractivity contribution in [3.05, 3.63) is 29.6 Å². The molecule has 5 nitrogen and oxygen atoms in total. The van der Waals surface area contributed by atoms with Crippen molar-refractivity contribution >= 4 is 5.91 Å². The van der Waals surface area contributed by atoms with Crippen LogP contribution < -0.4 is 5.32 Å². The van der Waals surface area contributed by atoms with Crippen LogP contribution in [0.5, 0.6) is 0 Å². The van der Waals surface area contributed by atoms with E-state index in [1.807, 2.05) is 23.9 Å². The standard InChI is InChI=1S/C17H25N3O2/c1-12-3-5-13(6-4-12)11-16(21)19-14-8-10-22-17(14)15-7-9-18-20(15)2/h7,9,11-12,14,17H,3-6,8,10H2,1-2H3,(H,19,21)/t12?,14-,17-/m0/s1. The minimum atomic E-state index is -0.0961. The molecule has 1 amide bonds. The lowest BCUT2D eigenvalue weighted by atomic mass is 9.87. The Balaban J connectivity index is 1.61. The van der Waals surface area contributed by atoms with Gasteiger partial charge >= 0.3 is 0 Å². The first-order valence-corrected chi connectivity index (χ1v) is 8.23. The van der Waals surface area contributed by atoms with Gasteiger partial charge in [-0.1, -0.05) is 12.5 Å². The van der Waals surface area contributed by atoms with Gasteiger partial charge in [-0.15, -0.1) is 0 Å². The highest BCUT2D eigenvalue weighted by Crippen LogP contribution is 2.29. The molecular formula is C17H25N3O2. The zero-order valence-corrected chi connectivity index (χ0v) is 13.4. The van der Waals surface area contributed by atoms with E-state index in [9.17, 15) is 4.79 Å². The lowest BCUT2D eigenvalue weighted by molar-refractivity contribution is -0.117. The number of carbonyl (C=O) groups is 1. The number of aromatic nitrogens is 2. The third-order valence-electron chi connectivity index (χ3n) is 4.82. The third-order valence-corrected chi connectivity index (χ3v) is 4.82. The Kier molecular flexibility index (Phi) is 4.62. The maximum absolute atomic E-state index is 12.3. The van der Waals surface area contributed by atoms with Gasteiger partial charge in [-0.25, -0.2) is 0 Å². The number of amides is 1. The van der Waals surface area contributed by atoms with Gasteiger partial charge in [-0.3, -0.25) is 9.48 Å². The van der Waals surface area contributed by atoms with Crippen molar-refractivity contribution in [3.8, 4) is 0 Å². The number of allylic oxidation sites excluding steroid dienone is 1. The van der Waals surface area contributed by atoms with E-state index in [2.05, 4.69) is 17.3 Å². The zero-order chi connectivity index (χ0) is 15.5. The first-order chi connectivity index (χ1) is 10.6. The molecule has 0 aromatic carbocycles. The van der Waals surface area contributed by atoms with E-state index in [0.29, 0.717) is 6.61 Å². The van der Waals surface area contributed by atoms with Crippen LogP contribution in [0.25, 0.3) is 0 Å². The van der Waals surface area contributed by atoms with Gasteiger partial charge < -0.3 is 10.1 Å². The fraction of sp³-hybridized carbons (Fsp3) is 0.647. The maximum atomic E-state index is 12.3. The molecule has 0 bridgehead atoms. The van der Waals surface area contributed by atoms with Crippen LogP contribution in [-0.2, 0) is 16.6 Å². The second kappa shape index (κ2) is 6.65. The number of nitrogens with one attached hydrogen (secondary N) is 1. The Morgan fingerprint density at radius 1 is 1.41 bits per heavy atom. The quantitative estimate of drug-likeness (QED) is 0.873. The Hall–Kier alpha value is -1.62. The maximum Gasteiger partial charge on any atom is 0.244 e. The summed E-state index contributed by atoms with van der Waals surface area (Å²) in [4.78, 5) is 12.3. The number of nitrogens with zero attached hydrogens (tertiary/aromatic N) is 2. The highest BCUT2D eigenvalue weighted by atomic mass is 16.5. The molecule has 22 heavy (non-hydrogen) atoms. The molecule has 0 spiro atoms. The number of hydrogen-bond donors (Lipinski definition) is 1. The molecule has 1 aromatic rings. The molecule has 3 rings (SSSR count). The van der Waals surface area contributed by atoms with Crippen molar-refractivity contribution in [1.29, 1.82) is 0 Å². The second-order valence-corrected chi connectivity index (χ2v) is 6.56. The summed E-state index contributed by atoms with van der Waals surface area (Å²) in [6.07, 6.45) is 8.84. The van der Waals surface area contributed by atoms with Gasteiger partial charge in [0.1, 0.15) is 6.10 Å². The normalized spacial score (nSPS) is 28.6. The topological polar surface area (TPSA) is 56.1 Å². The van der Waals surface area contributed by atoms with Gasteiger partial charge in [0.25, 0.3) is 0 Å². The SMILES string of the molecule is CC1CCC(=CC(=O)N[C@H]2CCO[C@@H]2c2ccnn2C)CC1. The van der Waals surface area contributed by atoms with Gasteiger partial charge in [0, 0.05) is 25.9 Å². The minimum Gasteiger partial charge on any atom is -0.370 e. The largest absolute Gasteiger partial charge is 0.370 e. The Morgan fingerprint density at radius 3 is 2.86 bits per heavy atom. The molecule has 1 aliphatic heterocycles. The van der Waals surface area contributed by atoms with Crippen LogP contribution in [0, 0.1) is 5.92 Å². The summed E-state index contributed by atoms with van der Waals surface area (Å²) in [5.41, 5.74) is 2.30. The van der Waals surface area contributed by atoms with Gasteiger partial charge in [-0.05, 0) is 44.1 Å². The van der Waals surface area contributed by atoms with Crippen LogP contribution in [-0.4, -0.2) is 28.3 Å². The number of ether oxygens (including phenoxy) is 1. The molecule has 1 N–H and O–H groups in total. The van der Waals surface area contributed by atoms with Crippen LogP contribution in [0.15, 0.2) is 23.9 Å².